The van der Waals surface area contributed by atoms with Gasteiger partial charge >= 0.3 is 0 Å². The van der Waals surface area contributed by atoms with Crippen molar-refractivity contribution in [3.05, 3.63) is 29.5 Å². The van der Waals surface area contributed by atoms with Crippen molar-refractivity contribution in [2.75, 3.05) is 38.0 Å². The molecule has 0 saturated heterocycles. The normalized spacial score (nSPS) is 10.4. The molecule has 0 aliphatic heterocycles. The maximum absolute atomic E-state index is 5.93. The summed E-state index contributed by atoms with van der Waals surface area (Å²) in [6.45, 7) is 0. The SMILES string of the molecule is CN(C)c1ccc(-c2nc(Cl)nc(N(C)C)n2)cc1. The summed E-state index contributed by atoms with van der Waals surface area (Å²) in [5, 5.41) is 0.199. The predicted octanol–water partition coefficient (Wildman–Crippen LogP) is 2.32. The summed E-state index contributed by atoms with van der Waals surface area (Å²) in [4.78, 5) is 16.4. The number of aromatic nitrogens is 3. The second kappa shape index (κ2) is 5.40. The molecular formula is C13H16ClN5. The second-order valence-electron chi connectivity index (χ2n) is 4.56. The Labute approximate surface area is 117 Å². The molecular weight excluding hydrogens is 262 g/mol. The van der Waals surface area contributed by atoms with Gasteiger partial charge in [0.25, 0.3) is 0 Å². The summed E-state index contributed by atoms with van der Waals surface area (Å²) in [6, 6.07) is 7.98. The summed E-state index contributed by atoms with van der Waals surface area (Å²) < 4.78 is 0. The minimum absolute atomic E-state index is 0.199. The van der Waals surface area contributed by atoms with Gasteiger partial charge in [0.15, 0.2) is 5.82 Å². The van der Waals surface area contributed by atoms with Crippen LogP contribution in [0.25, 0.3) is 11.4 Å². The van der Waals surface area contributed by atoms with Gasteiger partial charge in [0.05, 0.1) is 0 Å². The molecule has 6 heteroatoms. The van der Waals surface area contributed by atoms with Crippen LogP contribution in [0.2, 0.25) is 5.28 Å². The van der Waals surface area contributed by atoms with Gasteiger partial charge in [0, 0.05) is 39.4 Å². The number of rotatable bonds is 3. The Morgan fingerprint density at radius 2 is 1.47 bits per heavy atom. The van der Waals surface area contributed by atoms with Crippen LogP contribution in [0.4, 0.5) is 11.6 Å². The number of nitrogens with zero attached hydrogens (tertiary/aromatic N) is 5. The molecule has 0 aliphatic carbocycles. The molecule has 0 N–H and O–H groups in total. The minimum atomic E-state index is 0.199. The van der Waals surface area contributed by atoms with Crippen molar-refractivity contribution >= 4 is 23.2 Å². The van der Waals surface area contributed by atoms with Crippen LogP contribution in [0.5, 0.6) is 0 Å². The van der Waals surface area contributed by atoms with E-state index in [0.717, 1.165) is 11.3 Å². The summed E-state index contributed by atoms with van der Waals surface area (Å²) in [7, 11) is 7.73. The van der Waals surface area contributed by atoms with Crippen molar-refractivity contribution in [2.45, 2.75) is 0 Å². The minimum Gasteiger partial charge on any atom is -0.378 e. The molecule has 0 amide bonds. The third-order valence-corrected chi connectivity index (χ3v) is 2.81. The zero-order chi connectivity index (χ0) is 14.0. The van der Waals surface area contributed by atoms with Crippen molar-refractivity contribution in [3.8, 4) is 11.4 Å². The van der Waals surface area contributed by atoms with Crippen LogP contribution in [-0.4, -0.2) is 43.1 Å². The molecule has 0 unspecified atom stereocenters. The Balaban J connectivity index is 2.41. The van der Waals surface area contributed by atoms with E-state index in [0.29, 0.717) is 11.8 Å². The fourth-order valence-corrected chi connectivity index (χ4v) is 1.73. The first kappa shape index (κ1) is 13.5. The number of halogens is 1. The highest BCUT2D eigenvalue weighted by atomic mass is 35.5. The highest BCUT2D eigenvalue weighted by Gasteiger charge is 2.08. The number of hydrogen-bond acceptors (Lipinski definition) is 5. The highest BCUT2D eigenvalue weighted by molar-refractivity contribution is 6.28. The van der Waals surface area contributed by atoms with E-state index >= 15 is 0 Å². The first-order valence-corrected chi connectivity index (χ1v) is 6.22. The van der Waals surface area contributed by atoms with E-state index in [9.17, 15) is 0 Å². The van der Waals surface area contributed by atoms with Gasteiger partial charge in [0.2, 0.25) is 11.2 Å². The number of anilines is 2. The summed E-state index contributed by atoms with van der Waals surface area (Å²) in [6.07, 6.45) is 0. The van der Waals surface area contributed by atoms with Crippen molar-refractivity contribution in [2.24, 2.45) is 0 Å². The lowest BCUT2D eigenvalue weighted by atomic mass is 10.2. The van der Waals surface area contributed by atoms with Crippen molar-refractivity contribution in [3.63, 3.8) is 0 Å². The molecule has 0 atom stereocenters. The Morgan fingerprint density at radius 3 is 2.00 bits per heavy atom. The van der Waals surface area contributed by atoms with Gasteiger partial charge in [-0.3, -0.25) is 0 Å². The van der Waals surface area contributed by atoms with Crippen LogP contribution in [0.15, 0.2) is 24.3 Å². The maximum Gasteiger partial charge on any atom is 0.229 e. The molecule has 1 heterocycles. The van der Waals surface area contributed by atoms with Crippen LogP contribution < -0.4 is 9.80 Å². The quantitative estimate of drug-likeness (QED) is 0.862. The van der Waals surface area contributed by atoms with Gasteiger partial charge in [-0.2, -0.15) is 15.0 Å². The molecule has 0 saturated carbocycles. The van der Waals surface area contributed by atoms with Crippen LogP contribution in [0.3, 0.4) is 0 Å². The zero-order valence-electron chi connectivity index (χ0n) is 11.4. The van der Waals surface area contributed by atoms with Crippen LogP contribution >= 0.6 is 11.6 Å². The molecule has 0 aliphatic rings. The van der Waals surface area contributed by atoms with Gasteiger partial charge in [-0.05, 0) is 35.9 Å². The van der Waals surface area contributed by atoms with E-state index in [1.165, 1.54) is 0 Å². The molecule has 5 nitrogen and oxygen atoms in total. The average molecular weight is 278 g/mol. The molecule has 1 aromatic carbocycles. The molecule has 1 aromatic heterocycles. The first-order valence-electron chi connectivity index (χ1n) is 5.84. The molecule has 2 aromatic rings. The van der Waals surface area contributed by atoms with Gasteiger partial charge in [0.1, 0.15) is 0 Å². The molecule has 0 radical (unpaired) electrons. The van der Waals surface area contributed by atoms with E-state index in [4.69, 9.17) is 11.6 Å². The van der Waals surface area contributed by atoms with Crippen LogP contribution in [-0.2, 0) is 0 Å². The zero-order valence-corrected chi connectivity index (χ0v) is 12.2. The topological polar surface area (TPSA) is 45.2 Å². The Kier molecular flexibility index (Phi) is 3.85. The van der Waals surface area contributed by atoms with Gasteiger partial charge < -0.3 is 9.80 Å². The lowest BCUT2D eigenvalue weighted by Gasteiger charge is -2.13. The van der Waals surface area contributed by atoms with E-state index in [1.54, 1.807) is 4.90 Å². The van der Waals surface area contributed by atoms with Crippen molar-refractivity contribution < 1.29 is 0 Å². The fourth-order valence-electron chi connectivity index (χ4n) is 1.58. The standard InChI is InChI=1S/C13H16ClN5/c1-18(2)10-7-5-9(6-8-10)11-15-12(14)17-13(16-11)19(3)4/h5-8H,1-4H3. The van der Waals surface area contributed by atoms with Gasteiger partial charge in [-0.15, -0.1) is 0 Å². The van der Waals surface area contributed by atoms with Crippen molar-refractivity contribution in [1.29, 1.82) is 0 Å². The number of hydrogen-bond donors (Lipinski definition) is 0. The van der Waals surface area contributed by atoms with E-state index in [2.05, 4.69) is 15.0 Å². The molecule has 0 bridgehead atoms. The summed E-state index contributed by atoms with van der Waals surface area (Å²) >= 11 is 5.93. The molecule has 2 rings (SSSR count). The van der Waals surface area contributed by atoms with Crippen LogP contribution in [0.1, 0.15) is 0 Å². The summed E-state index contributed by atoms with van der Waals surface area (Å²) in [5.74, 6) is 1.13. The molecule has 100 valence electrons. The lowest BCUT2D eigenvalue weighted by molar-refractivity contribution is 0.961. The third kappa shape index (κ3) is 3.12. The maximum atomic E-state index is 5.93. The Morgan fingerprint density at radius 1 is 0.842 bits per heavy atom. The van der Waals surface area contributed by atoms with Crippen LogP contribution in [0, 0.1) is 0 Å². The molecule has 0 spiro atoms. The Hall–Kier alpha value is -1.88. The first-order chi connectivity index (χ1) is 8.97. The monoisotopic (exact) mass is 277 g/mol. The fraction of sp³-hybridized carbons (Fsp3) is 0.308. The lowest BCUT2D eigenvalue weighted by Crippen LogP contribution is -2.14. The Bertz CT molecular complexity index is 566. The third-order valence-electron chi connectivity index (χ3n) is 2.64. The molecule has 19 heavy (non-hydrogen) atoms. The van der Waals surface area contributed by atoms with E-state index in [1.807, 2.05) is 57.4 Å². The average Bonchev–Trinajstić information content (AvgIpc) is 2.38. The van der Waals surface area contributed by atoms with Gasteiger partial charge in [-0.25, -0.2) is 0 Å². The van der Waals surface area contributed by atoms with Crippen molar-refractivity contribution in [1.82, 2.24) is 15.0 Å². The van der Waals surface area contributed by atoms with E-state index in [-0.39, 0.29) is 5.28 Å². The largest absolute Gasteiger partial charge is 0.378 e. The second-order valence-corrected chi connectivity index (χ2v) is 4.90. The highest BCUT2D eigenvalue weighted by Crippen LogP contribution is 2.21. The van der Waals surface area contributed by atoms with E-state index < -0.39 is 0 Å². The summed E-state index contributed by atoms with van der Waals surface area (Å²) in [5.41, 5.74) is 2.04. The number of benzene rings is 1. The predicted molar refractivity (Wildman–Crippen MR) is 78.9 cm³/mol. The molecule has 0 fully saturated rings. The smallest absolute Gasteiger partial charge is 0.229 e. The van der Waals surface area contributed by atoms with Gasteiger partial charge in [-0.1, -0.05) is 0 Å².